The molecule has 0 saturated heterocycles. The SMILES string of the molecule is CCN(c1cc(F)c(C(=O)NC(Cc2cccc3c(-c4c(C(F)(F)F)c5cc(CN(C)C)ccc5n(C)c4=O)cccc23)C(=O)O)c(F)c1)C(COC)C(F)(F)F. The Hall–Kier alpha value is -5.55. The number of amides is 1. The van der Waals surface area contributed by atoms with Crippen LogP contribution in [0.25, 0.3) is 32.8 Å². The Kier molecular flexibility index (Phi) is 12.3. The maximum atomic E-state index is 15.4. The van der Waals surface area contributed by atoms with Crippen molar-refractivity contribution in [1.82, 2.24) is 14.8 Å². The fourth-order valence-corrected chi connectivity index (χ4v) is 7.07. The van der Waals surface area contributed by atoms with E-state index in [1.165, 1.54) is 62.5 Å². The number of alkyl halides is 6. The molecule has 17 heteroatoms. The molecule has 9 nitrogen and oxygen atoms in total. The molecule has 0 bridgehead atoms. The summed E-state index contributed by atoms with van der Waals surface area (Å²) in [7, 11) is 5.89. The number of hydrogen-bond donors (Lipinski definition) is 2. The molecule has 2 N–H and O–H groups in total. The Morgan fingerprint density at radius 2 is 1.54 bits per heavy atom. The summed E-state index contributed by atoms with van der Waals surface area (Å²) in [5.74, 6) is -6.30. The number of benzene rings is 4. The maximum Gasteiger partial charge on any atom is 0.417 e. The molecule has 0 aliphatic heterocycles. The fraction of sp³-hybridized carbons (Fsp3) is 0.325. The van der Waals surface area contributed by atoms with Crippen LogP contribution in [0.5, 0.6) is 0 Å². The number of hydrogen-bond acceptors (Lipinski definition) is 6. The number of fused-ring (bicyclic) bond motifs is 2. The van der Waals surface area contributed by atoms with Crippen molar-refractivity contribution in [3.05, 3.63) is 111 Å². The van der Waals surface area contributed by atoms with Gasteiger partial charge in [-0.2, -0.15) is 26.3 Å². The van der Waals surface area contributed by atoms with Crippen molar-refractivity contribution in [2.75, 3.05) is 39.3 Å². The van der Waals surface area contributed by atoms with Gasteiger partial charge in [-0.15, -0.1) is 0 Å². The third-order valence-electron chi connectivity index (χ3n) is 9.56. The summed E-state index contributed by atoms with van der Waals surface area (Å²) < 4.78 is 123. The highest BCUT2D eigenvalue weighted by atomic mass is 19.4. The smallest absolute Gasteiger partial charge is 0.417 e. The molecule has 5 aromatic rings. The minimum atomic E-state index is -4.99. The van der Waals surface area contributed by atoms with Gasteiger partial charge in [-0.05, 0) is 72.7 Å². The van der Waals surface area contributed by atoms with Gasteiger partial charge in [-0.25, -0.2) is 13.6 Å². The van der Waals surface area contributed by atoms with Gasteiger partial charge < -0.3 is 29.5 Å². The Bertz CT molecular complexity index is 2370. The van der Waals surface area contributed by atoms with Crippen LogP contribution in [-0.4, -0.2) is 79.1 Å². The zero-order valence-corrected chi connectivity index (χ0v) is 31.3. The quantitative estimate of drug-likeness (QED) is 0.119. The second kappa shape index (κ2) is 16.5. The topological polar surface area (TPSA) is 104 Å². The molecule has 1 aromatic heterocycles. The molecule has 0 fully saturated rings. The lowest BCUT2D eigenvalue weighted by Gasteiger charge is -2.33. The number of likely N-dealkylation sites (N-methyl/N-ethyl adjacent to an activating group) is 1. The largest absolute Gasteiger partial charge is 0.480 e. The number of aromatic nitrogens is 1. The van der Waals surface area contributed by atoms with Gasteiger partial charge >= 0.3 is 18.3 Å². The molecule has 304 valence electrons. The molecular weight excluding hydrogens is 768 g/mol. The highest BCUT2D eigenvalue weighted by Gasteiger charge is 2.44. The third-order valence-corrected chi connectivity index (χ3v) is 9.56. The van der Waals surface area contributed by atoms with Gasteiger partial charge in [0.2, 0.25) is 0 Å². The van der Waals surface area contributed by atoms with Gasteiger partial charge in [0.1, 0.15) is 29.3 Å². The predicted molar refractivity (Wildman–Crippen MR) is 198 cm³/mol. The predicted octanol–water partition coefficient (Wildman–Crippen LogP) is 7.55. The lowest BCUT2D eigenvalue weighted by Crippen LogP contribution is -2.49. The molecule has 0 aliphatic carbocycles. The van der Waals surface area contributed by atoms with E-state index in [0.717, 1.165) is 11.7 Å². The first-order valence-electron chi connectivity index (χ1n) is 17.4. The van der Waals surface area contributed by atoms with Crippen LogP contribution in [0.1, 0.15) is 34.0 Å². The zero-order valence-electron chi connectivity index (χ0n) is 31.3. The van der Waals surface area contributed by atoms with E-state index in [2.05, 4.69) is 10.1 Å². The molecule has 1 heterocycles. The number of carbonyl (C=O) groups is 2. The molecule has 4 aromatic carbocycles. The molecule has 0 saturated carbocycles. The van der Waals surface area contributed by atoms with Crippen molar-refractivity contribution >= 4 is 39.2 Å². The number of carboxylic acid groups (broad SMARTS) is 1. The second-order valence-corrected chi connectivity index (χ2v) is 13.7. The number of ether oxygens (including phenoxy) is 1. The standard InChI is InChI=1S/C40H38F8N4O5/c1-6-52(32(20-57-5)39(43,44)45)23-17-28(41)34(29(42)18-23)36(53)49-30(38(55)56)16-22-9-7-11-25-24(22)10-8-12-26(25)33-35(40(46,47)48)27-15-21(19-50(2)3)13-14-31(27)51(4)37(33)54/h7-15,17-18,30,32H,6,16,19-20H2,1-5H3,(H,49,53)(H,55,56). The molecule has 57 heavy (non-hydrogen) atoms. The van der Waals surface area contributed by atoms with Crippen LogP contribution in [0.2, 0.25) is 0 Å². The second-order valence-electron chi connectivity index (χ2n) is 13.7. The van der Waals surface area contributed by atoms with Gasteiger partial charge in [-0.3, -0.25) is 9.59 Å². The number of carboxylic acids is 1. The van der Waals surface area contributed by atoms with Gasteiger partial charge in [0.05, 0.1) is 23.3 Å². The van der Waals surface area contributed by atoms with Crippen molar-refractivity contribution in [3.63, 3.8) is 0 Å². The lowest BCUT2D eigenvalue weighted by atomic mass is 9.90. The summed E-state index contributed by atoms with van der Waals surface area (Å²) in [4.78, 5) is 41.9. The number of rotatable bonds is 13. The molecule has 0 aliphatic rings. The molecular formula is C40H38F8N4O5. The Morgan fingerprint density at radius 3 is 2.11 bits per heavy atom. The van der Waals surface area contributed by atoms with Crippen molar-refractivity contribution in [1.29, 1.82) is 0 Å². The van der Waals surface area contributed by atoms with Crippen LogP contribution in [0, 0.1) is 11.6 Å². The number of aryl methyl sites for hydroxylation is 1. The van der Waals surface area contributed by atoms with Gasteiger partial charge in [0, 0.05) is 44.7 Å². The summed E-state index contributed by atoms with van der Waals surface area (Å²) >= 11 is 0. The van der Waals surface area contributed by atoms with E-state index in [-0.39, 0.29) is 39.3 Å². The average molecular weight is 807 g/mol. The van der Waals surface area contributed by atoms with Crippen LogP contribution < -0.4 is 15.8 Å². The summed E-state index contributed by atoms with van der Waals surface area (Å²) in [5, 5.41) is 12.3. The van der Waals surface area contributed by atoms with Crippen LogP contribution >= 0.6 is 0 Å². The van der Waals surface area contributed by atoms with E-state index in [1.54, 1.807) is 25.1 Å². The minimum absolute atomic E-state index is 0.0568. The normalized spacial score (nSPS) is 13.3. The Labute approximate surface area is 321 Å². The van der Waals surface area contributed by atoms with Gasteiger partial charge in [0.25, 0.3) is 11.5 Å². The monoisotopic (exact) mass is 806 g/mol. The number of carbonyl (C=O) groups excluding carboxylic acids is 1. The van der Waals surface area contributed by atoms with Crippen LogP contribution in [-0.2, 0) is 35.7 Å². The van der Waals surface area contributed by atoms with E-state index in [0.29, 0.717) is 29.1 Å². The van der Waals surface area contributed by atoms with Gasteiger partial charge in [0.15, 0.2) is 0 Å². The fourth-order valence-electron chi connectivity index (χ4n) is 7.07. The van der Waals surface area contributed by atoms with Crippen molar-refractivity contribution in [2.24, 2.45) is 7.05 Å². The van der Waals surface area contributed by atoms with Crippen LogP contribution in [0.4, 0.5) is 40.8 Å². The van der Waals surface area contributed by atoms with E-state index in [4.69, 9.17) is 0 Å². The van der Waals surface area contributed by atoms with Crippen LogP contribution in [0.15, 0.2) is 71.5 Å². The first-order valence-corrected chi connectivity index (χ1v) is 17.4. The number of pyridine rings is 1. The summed E-state index contributed by atoms with van der Waals surface area (Å²) in [6.07, 6.45) is -10.4. The highest BCUT2D eigenvalue weighted by molar-refractivity contribution is 6.02. The Balaban J connectivity index is 1.56. The number of halogens is 8. The van der Waals surface area contributed by atoms with Gasteiger partial charge in [-0.1, -0.05) is 42.5 Å². The zero-order chi connectivity index (χ0) is 42.1. The van der Waals surface area contributed by atoms with E-state index in [1.807, 2.05) is 0 Å². The average Bonchev–Trinajstić information content (AvgIpc) is 3.11. The number of methoxy groups -OCH3 is 1. The molecule has 0 radical (unpaired) electrons. The maximum absolute atomic E-state index is 15.4. The molecule has 2 atom stereocenters. The third kappa shape index (κ3) is 8.73. The summed E-state index contributed by atoms with van der Waals surface area (Å²) in [6.45, 7) is 0.427. The minimum Gasteiger partial charge on any atom is -0.480 e. The molecule has 1 amide bonds. The summed E-state index contributed by atoms with van der Waals surface area (Å²) in [6, 6.07) is 9.91. The van der Waals surface area contributed by atoms with E-state index in [9.17, 15) is 32.7 Å². The summed E-state index contributed by atoms with van der Waals surface area (Å²) in [5.41, 5.74) is -3.81. The van der Waals surface area contributed by atoms with Crippen molar-refractivity contribution in [3.8, 4) is 11.1 Å². The van der Waals surface area contributed by atoms with E-state index >= 15 is 22.0 Å². The number of aliphatic carboxylic acids is 1. The highest BCUT2D eigenvalue weighted by Crippen LogP contribution is 2.42. The van der Waals surface area contributed by atoms with Crippen LogP contribution in [0.3, 0.4) is 0 Å². The number of nitrogens with one attached hydrogen (secondary N) is 1. The number of nitrogens with zero attached hydrogens (tertiary/aromatic N) is 3. The lowest BCUT2D eigenvalue weighted by molar-refractivity contribution is -0.158. The number of anilines is 1. The molecule has 2 unspecified atom stereocenters. The Morgan fingerprint density at radius 1 is 0.912 bits per heavy atom. The molecule has 0 spiro atoms. The first-order chi connectivity index (χ1) is 26.7. The van der Waals surface area contributed by atoms with Crippen molar-refractivity contribution in [2.45, 2.75) is 44.3 Å². The first kappa shape index (κ1) is 42.6. The van der Waals surface area contributed by atoms with Crippen molar-refractivity contribution < 1.29 is 54.6 Å². The van der Waals surface area contributed by atoms with E-state index < -0.39 is 88.9 Å². The molecule has 5 rings (SSSR count).